The van der Waals surface area contributed by atoms with E-state index in [1.54, 1.807) is 0 Å². The molecule has 2 aromatic heterocycles. The minimum Gasteiger partial charge on any atom is -0.296 e. The Hall–Kier alpha value is -4.19. The Balaban J connectivity index is 1.63. The van der Waals surface area contributed by atoms with E-state index in [2.05, 4.69) is 90.1 Å². The summed E-state index contributed by atoms with van der Waals surface area (Å²) in [5.41, 5.74) is 12.8. The molecular weight excluding hydrogens is 460 g/mol. The number of imidazole rings is 1. The number of H-pyrrole nitrogens is 1. The second kappa shape index (κ2) is 9.04. The molecule has 6 rings (SSSR count). The summed E-state index contributed by atoms with van der Waals surface area (Å²) in [4.78, 5) is 19.6. The molecule has 0 saturated carbocycles. The fourth-order valence-electron chi connectivity index (χ4n) is 5.79. The van der Waals surface area contributed by atoms with Crippen molar-refractivity contribution in [2.45, 2.75) is 53.4 Å². The van der Waals surface area contributed by atoms with Gasteiger partial charge in [0.05, 0.1) is 16.7 Å². The predicted molar refractivity (Wildman–Crippen MR) is 147 cm³/mol. The van der Waals surface area contributed by atoms with Crippen molar-refractivity contribution in [2.24, 2.45) is 0 Å². The number of fused-ring (bicyclic) bond motifs is 3. The molecule has 0 amide bonds. The van der Waals surface area contributed by atoms with Crippen molar-refractivity contribution in [3.8, 4) is 5.69 Å². The predicted octanol–water partition coefficient (Wildman–Crippen LogP) is 6.35. The van der Waals surface area contributed by atoms with Gasteiger partial charge in [0.25, 0.3) is 0 Å². The summed E-state index contributed by atoms with van der Waals surface area (Å²) in [6.07, 6.45) is 3.81. The monoisotopic (exact) mass is 490 g/mol. The van der Waals surface area contributed by atoms with E-state index in [0.29, 0.717) is 5.82 Å². The number of allylic oxidation sites excluding steroid dienone is 1. The third-order valence-electron chi connectivity index (χ3n) is 7.61. The maximum Gasteiger partial charge on any atom is 0.439 e. The van der Waals surface area contributed by atoms with E-state index in [0.717, 1.165) is 53.7 Å². The smallest absolute Gasteiger partial charge is 0.296 e. The number of para-hydroxylation sites is 1. The average Bonchev–Trinajstić information content (AvgIpc) is 3.44. The van der Waals surface area contributed by atoms with E-state index >= 15 is 0 Å². The number of hydrogen-bond donors (Lipinski definition) is 1. The molecule has 0 saturated heterocycles. The van der Waals surface area contributed by atoms with Crippen LogP contribution in [-0.4, -0.2) is 19.7 Å². The summed E-state index contributed by atoms with van der Waals surface area (Å²) in [7, 11) is 0. The molecule has 0 unspecified atom stereocenters. The summed E-state index contributed by atoms with van der Waals surface area (Å²) < 4.78 is 7.21. The van der Waals surface area contributed by atoms with Gasteiger partial charge in [-0.1, -0.05) is 54.5 Å². The molecule has 3 aromatic carbocycles. The van der Waals surface area contributed by atoms with Crippen LogP contribution in [0.15, 0.2) is 63.9 Å². The van der Waals surface area contributed by atoms with Crippen LogP contribution in [0.3, 0.4) is 0 Å². The van der Waals surface area contributed by atoms with E-state index in [4.69, 9.17) is 9.51 Å². The molecule has 0 radical (unpaired) electrons. The number of nitrogens with one attached hydrogen (secondary N) is 1. The van der Waals surface area contributed by atoms with Gasteiger partial charge in [-0.15, -0.1) is 0 Å². The minimum absolute atomic E-state index is 0.464. The Kier molecular flexibility index (Phi) is 5.67. The van der Waals surface area contributed by atoms with Crippen molar-refractivity contribution in [3.63, 3.8) is 0 Å². The van der Waals surface area contributed by atoms with Crippen LogP contribution in [-0.2, 0) is 19.3 Å². The Morgan fingerprint density at radius 3 is 2.65 bits per heavy atom. The molecular formula is C31H30N4O2. The van der Waals surface area contributed by atoms with Gasteiger partial charge in [-0.05, 0) is 91.1 Å². The van der Waals surface area contributed by atoms with Crippen molar-refractivity contribution in [3.05, 3.63) is 110 Å². The van der Waals surface area contributed by atoms with Gasteiger partial charge in [0, 0.05) is 12.0 Å². The van der Waals surface area contributed by atoms with Crippen molar-refractivity contribution < 1.29 is 4.52 Å². The van der Waals surface area contributed by atoms with Crippen molar-refractivity contribution in [2.75, 3.05) is 0 Å². The maximum absolute atomic E-state index is 11.8. The molecule has 0 fully saturated rings. The van der Waals surface area contributed by atoms with Crippen molar-refractivity contribution in [1.82, 2.24) is 19.7 Å². The van der Waals surface area contributed by atoms with Crippen LogP contribution in [0.1, 0.15) is 65.3 Å². The first-order valence-corrected chi connectivity index (χ1v) is 12.9. The molecule has 0 spiro atoms. The lowest BCUT2D eigenvalue weighted by molar-refractivity contribution is 0.385. The Morgan fingerprint density at radius 1 is 1.03 bits per heavy atom. The van der Waals surface area contributed by atoms with E-state index in [9.17, 15) is 4.79 Å². The third kappa shape index (κ3) is 3.75. The number of nitrogens with zero attached hydrogens (tertiary/aromatic N) is 3. The van der Waals surface area contributed by atoms with Crippen LogP contribution in [0.4, 0.5) is 0 Å². The molecule has 1 aliphatic rings. The second-order valence-electron chi connectivity index (χ2n) is 9.89. The Bertz CT molecular complexity index is 1750. The maximum atomic E-state index is 11.8. The average molecular weight is 491 g/mol. The number of aryl methyl sites for hydroxylation is 3. The van der Waals surface area contributed by atoms with Gasteiger partial charge < -0.3 is 0 Å². The summed E-state index contributed by atoms with van der Waals surface area (Å²) in [6, 6.07) is 19.4. The van der Waals surface area contributed by atoms with E-state index < -0.39 is 5.76 Å². The molecule has 2 heterocycles. The number of rotatable bonds is 4. The van der Waals surface area contributed by atoms with Gasteiger partial charge in [-0.25, -0.2) is 9.78 Å². The molecule has 1 aliphatic carbocycles. The minimum atomic E-state index is -0.547. The lowest BCUT2D eigenvalue weighted by Crippen LogP contribution is -2.07. The summed E-state index contributed by atoms with van der Waals surface area (Å²) in [5, 5.41) is 4.01. The molecule has 6 heteroatoms. The summed E-state index contributed by atoms with van der Waals surface area (Å²) in [5.74, 6) is 1.01. The molecule has 6 nitrogen and oxygen atoms in total. The fourth-order valence-corrected chi connectivity index (χ4v) is 5.79. The van der Waals surface area contributed by atoms with Crippen LogP contribution >= 0.6 is 0 Å². The Morgan fingerprint density at radius 2 is 1.86 bits per heavy atom. The molecule has 37 heavy (non-hydrogen) atoms. The number of aromatic amines is 1. The van der Waals surface area contributed by atoms with Gasteiger partial charge >= 0.3 is 5.76 Å². The van der Waals surface area contributed by atoms with Crippen LogP contribution in [0, 0.1) is 13.8 Å². The molecule has 186 valence electrons. The highest BCUT2D eigenvalue weighted by Crippen LogP contribution is 2.40. The largest absolute Gasteiger partial charge is 0.439 e. The number of aromatic nitrogens is 4. The van der Waals surface area contributed by atoms with Gasteiger partial charge in [-0.3, -0.25) is 14.1 Å². The molecule has 1 N–H and O–H groups in total. The van der Waals surface area contributed by atoms with E-state index in [1.807, 2.05) is 6.92 Å². The third-order valence-corrected chi connectivity index (χ3v) is 7.61. The topological polar surface area (TPSA) is 76.7 Å². The van der Waals surface area contributed by atoms with Crippen LogP contribution in [0.25, 0.3) is 27.9 Å². The van der Waals surface area contributed by atoms with Crippen LogP contribution in [0.2, 0.25) is 0 Å². The number of hydrogen-bond acceptors (Lipinski definition) is 4. The van der Waals surface area contributed by atoms with Crippen molar-refractivity contribution >= 4 is 22.2 Å². The molecule has 0 atom stereocenters. The van der Waals surface area contributed by atoms with Gasteiger partial charge in [0.1, 0.15) is 5.82 Å². The number of benzene rings is 3. The second-order valence-corrected chi connectivity index (χ2v) is 9.89. The summed E-state index contributed by atoms with van der Waals surface area (Å²) in [6.45, 7) is 8.56. The van der Waals surface area contributed by atoms with Crippen molar-refractivity contribution in [1.29, 1.82) is 0 Å². The zero-order valence-corrected chi connectivity index (χ0v) is 21.7. The van der Waals surface area contributed by atoms with Crippen LogP contribution in [0.5, 0.6) is 0 Å². The highest BCUT2D eigenvalue weighted by molar-refractivity contribution is 5.99. The highest BCUT2D eigenvalue weighted by atomic mass is 16.5. The first kappa shape index (κ1) is 23.2. The van der Waals surface area contributed by atoms with E-state index in [1.165, 1.54) is 39.1 Å². The SMILES string of the molecule is CCCc1nc2c(C)cccc2n1-c1ccc2c(c1C)CCc1ccccc1/C2=C(/C)c1noc(=O)[nH]1. The first-order chi connectivity index (χ1) is 18.0. The standard InChI is InChI=1S/C31H30N4O2/c1-5-9-27-32-29-18(2)10-8-13-26(29)35(27)25-17-16-24-22(19(25)3)15-14-21-11-6-7-12-23(21)28(24)20(4)30-33-31(36)37-34-30/h6-8,10-13,16-17H,5,9,14-15H2,1-4H3,(H,33,34,36)/b28-20+. The van der Waals surface area contributed by atoms with E-state index in [-0.39, 0.29) is 0 Å². The van der Waals surface area contributed by atoms with Gasteiger partial charge in [0.2, 0.25) is 0 Å². The van der Waals surface area contributed by atoms with Gasteiger partial charge in [-0.2, -0.15) is 0 Å². The highest BCUT2D eigenvalue weighted by Gasteiger charge is 2.25. The summed E-state index contributed by atoms with van der Waals surface area (Å²) >= 11 is 0. The molecule has 0 bridgehead atoms. The zero-order valence-electron chi connectivity index (χ0n) is 21.7. The normalized spacial score (nSPS) is 14.4. The van der Waals surface area contributed by atoms with Crippen LogP contribution < -0.4 is 5.76 Å². The quantitative estimate of drug-likeness (QED) is 0.319. The molecule has 5 aromatic rings. The fraction of sp³-hybridized carbons (Fsp3) is 0.258. The van der Waals surface area contributed by atoms with Gasteiger partial charge in [0.15, 0.2) is 5.82 Å². The lowest BCUT2D eigenvalue weighted by Gasteiger charge is -2.20. The molecule has 0 aliphatic heterocycles. The zero-order chi connectivity index (χ0) is 25.7. The lowest BCUT2D eigenvalue weighted by atomic mass is 9.88. The Labute approximate surface area is 215 Å². The first-order valence-electron chi connectivity index (χ1n) is 12.9.